The molecule has 0 radical (unpaired) electrons. The quantitative estimate of drug-likeness (QED) is 0.314. The van der Waals surface area contributed by atoms with Gasteiger partial charge in [-0.15, -0.1) is 0 Å². The van der Waals surface area contributed by atoms with E-state index in [0.29, 0.717) is 41.3 Å². The van der Waals surface area contributed by atoms with Gasteiger partial charge in [-0.3, -0.25) is 4.57 Å². The van der Waals surface area contributed by atoms with Crippen LogP contribution in [0.3, 0.4) is 0 Å². The number of imidazole rings is 1. The summed E-state index contributed by atoms with van der Waals surface area (Å²) in [5, 5.41) is 3.67. The maximum Gasteiger partial charge on any atom is 0.435 e. The molecule has 0 fully saturated rings. The fraction of sp³-hybridized carbons (Fsp3) is 0.280. The van der Waals surface area contributed by atoms with Crippen LogP contribution in [0.15, 0.2) is 47.7 Å². The molecular weight excluding hydrogens is 517 g/mol. The second-order valence-corrected chi connectivity index (χ2v) is 8.42. The highest BCUT2D eigenvalue weighted by Gasteiger charge is 2.34. The van der Waals surface area contributed by atoms with E-state index in [1.54, 1.807) is 31.2 Å². The van der Waals surface area contributed by atoms with Crippen LogP contribution in [-0.2, 0) is 12.7 Å². The number of halogens is 3. The molecule has 5 rings (SSSR count). The van der Waals surface area contributed by atoms with Crippen LogP contribution in [0.4, 0.5) is 13.2 Å². The third kappa shape index (κ3) is 5.04. The molecule has 0 unspecified atom stereocenters. The Hall–Kier alpha value is -4.75. The van der Waals surface area contributed by atoms with Gasteiger partial charge in [-0.05, 0) is 44.5 Å². The van der Waals surface area contributed by atoms with Gasteiger partial charge in [-0.25, -0.2) is 29.4 Å². The van der Waals surface area contributed by atoms with Crippen molar-refractivity contribution in [2.45, 2.75) is 33.5 Å². The zero-order valence-electron chi connectivity index (χ0n) is 21.2. The van der Waals surface area contributed by atoms with Crippen LogP contribution in [0.2, 0.25) is 0 Å². The van der Waals surface area contributed by atoms with E-state index in [9.17, 15) is 18.0 Å². The first-order chi connectivity index (χ1) is 18.7. The van der Waals surface area contributed by atoms with E-state index in [-0.39, 0.29) is 24.1 Å². The normalized spacial score (nSPS) is 11.7. The van der Waals surface area contributed by atoms with Gasteiger partial charge in [0.05, 0.1) is 31.6 Å². The molecule has 11 nitrogen and oxygen atoms in total. The van der Waals surface area contributed by atoms with Crippen LogP contribution < -0.4 is 15.2 Å². The molecule has 4 heterocycles. The number of ether oxygens (including phenoxy) is 2. The van der Waals surface area contributed by atoms with Gasteiger partial charge in [0.25, 0.3) is 0 Å². The zero-order chi connectivity index (χ0) is 27.7. The minimum atomic E-state index is -4.54. The van der Waals surface area contributed by atoms with Crippen molar-refractivity contribution in [3.63, 3.8) is 0 Å². The summed E-state index contributed by atoms with van der Waals surface area (Å²) in [5.41, 5.74) is 1.26. The Morgan fingerprint density at radius 2 is 1.67 bits per heavy atom. The first-order valence-corrected chi connectivity index (χ1v) is 12.0. The summed E-state index contributed by atoms with van der Waals surface area (Å²) in [6.07, 6.45) is -1.73. The van der Waals surface area contributed by atoms with Gasteiger partial charge in [-0.1, -0.05) is 12.1 Å². The van der Waals surface area contributed by atoms with Crippen molar-refractivity contribution < 1.29 is 22.6 Å². The smallest absolute Gasteiger partial charge is 0.435 e. The number of aromatic nitrogens is 8. The summed E-state index contributed by atoms with van der Waals surface area (Å²) >= 11 is 0. The van der Waals surface area contributed by atoms with Gasteiger partial charge < -0.3 is 14.5 Å². The molecule has 5 aromatic rings. The Balaban J connectivity index is 1.50. The average molecular weight is 541 g/mol. The van der Waals surface area contributed by atoms with E-state index in [4.69, 9.17) is 9.47 Å². The predicted octanol–water partition coefficient (Wildman–Crippen LogP) is 3.94. The topological polar surface area (TPSA) is 126 Å². The maximum atomic E-state index is 13.1. The summed E-state index contributed by atoms with van der Waals surface area (Å²) < 4.78 is 53.1. The number of alkyl halides is 3. The average Bonchev–Trinajstić information content (AvgIpc) is 3.44. The summed E-state index contributed by atoms with van der Waals surface area (Å²) in [4.78, 5) is 32.9. The fourth-order valence-corrected chi connectivity index (χ4v) is 4.05. The van der Waals surface area contributed by atoms with Crippen LogP contribution in [0.1, 0.15) is 30.8 Å². The highest BCUT2D eigenvalue weighted by molar-refractivity contribution is 5.75. The van der Waals surface area contributed by atoms with Crippen LogP contribution in [0, 0.1) is 6.92 Å². The van der Waals surface area contributed by atoms with Crippen LogP contribution in [0.5, 0.6) is 11.8 Å². The van der Waals surface area contributed by atoms with Crippen LogP contribution in [0.25, 0.3) is 28.2 Å². The molecule has 0 aliphatic carbocycles. The molecule has 4 aromatic heterocycles. The van der Waals surface area contributed by atoms with E-state index in [1.165, 1.54) is 21.8 Å². The summed E-state index contributed by atoms with van der Waals surface area (Å²) in [7, 11) is 0. The number of fused-ring (bicyclic) bond motifs is 1. The van der Waals surface area contributed by atoms with Crippen molar-refractivity contribution in [2.24, 2.45) is 0 Å². The fourth-order valence-electron chi connectivity index (χ4n) is 4.05. The van der Waals surface area contributed by atoms with Crippen molar-refractivity contribution in [2.75, 3.05) is 13.2 Å². The van der Waals surface area contributed by atoms with Gasteiger partial charge in [0.1, 0.15) is 17.4 Å². The van der Waals surface area contributed by atoms with E-state index in [1.807, 2.05) is 13.8 Å². The van der Waals surface area contributed by atoms with Crippen molar-refractivity contribution in [1.82, 2.24) is 39.3 Å². The highest BCUT2D eigenvalue weighted by Crippen LogP contribution is 2.34. The first kappa shape index (κ1) is 25.9. The van der Waals surface area contributed by atoms with E-state index in [0.717, 1.165) is 11.6 Å². The molecule has 202 valence electrons. The van der Waals surface area contributed by atoms with Gasteiger partial charge in [0.2, 0.25) is 11.8 Å². The van der Waals surface area contributed by atoms with E-state index < -0.39 is 17.6 Å². The molecule has 0 saturated heterocycles. The van der Waals surface area contributed by atoms with E-state index >= 15 is 0 Å². The van der Waals surface area contributed by atoms with Gasteiger partial charge in [0, 0.05) is 5.69 Å². The largest absolute Gasteiger partial charge is 0.477 e. The number of hydrogen-bond donors (Lipinski definition) is 1. The molecule has 1 N–H and O–H groups in total. The number of aromatic amines is 1. The van der Waals surface area contributed by atoms with Crippen molar-refractivity contribution in [3.05, 3.63) is 70.3 Å². The van der Waals surface area contributed by atoms with Gasteiger partial charge in [-0.2, -0.15) is 18.3 Å². The Bertz CT molecular complexity index is 1670. The molecule has 0 spiro atoms. The Labute approximate surface area is 219 Å². The Morgan fingerprint density at radius 1 is 1.00 bits per heavy atom. The standard InChI is InChI=1S/C25H23F3N8O3/c1-4-38-22-19(23(39-5-2)31-13-30-22)20-29-11-17-21(33-20)35(24(37)32-17)12-15-6-8-16(9-7-15)36-14(3)10-18(34-36)25(26,27)28/h6-11,13H,4-5,12H2,1-3H3,(H,32,37). The molecule has 0 saturated carbocycles. The highest BCUT2D eigenvalue weighted by atomic mass is 19.4. The van der Waals surface area contributed by atoms with Crippen molar-refractivity contribution in [1.29, 1.82) is 0 Å². The third-order valence-electron chi connectivity index (χ3n) is 5.77. The van der Waals surface area contributed by atoms with Gasteiger partial charge in [0.15, 0.2) is 17.2 Å². The number of hydrogen-bond acceptors (Lipinski definition) is 8. The lowest BCUT2D eigenvalue weighted by molar-refractivity contribution is -0.141. The lowest BCUT2D eigenvalue weighted by Gasteiger charge is -2.12. The summed E-state index contributed by atoms with van der Waals surface area (Å²) in [5.74, 6) is 0.712. The number of aryl methyl sites for hydroxylation is 1. The Morgan fingerprint density at radius 3 is 2.26 bits per heavy atom. The molecule has 14 heteroatoms. The number of rotatable bonds is 8. The lowest BCUT2D eigenvalue weighted by Crippen LogP contribution is -2.18. The molecular formula is C25H23F3N8O3. The zero-order valence-corrected chi connectivity index (χ0v) is 21.2. The third-order valence-corrected chi connectivity index (χ3v) is 5.77. The van der Waals surface area contributed by atoms with Crippen LogP contribution >= 0.6 is 0 Å². The number of nitrogens with one attached hydrogen (secondary N) is 1. The van der Waals surface area contributed by atoms with Crippen molar-refractivity contribution in [3.8, 4) is 28.8 Å². The number of nitrogens with zero attached hydrogens (tertiary/aromatic N) is 7. The maximum absolute atomic E-state index is 13.1. The number of H-pyrrole nitrogens is 1. The molecule has 1 aromatic carbocycles. The molecule has 39 heavy (non-hydrogen) atoms. The summed E-state index contributed by atoms with van der Waals surface area (Å²) in [6, 6.07) is 7.69. The molecule has 0 aliphatic rings. The van der Waals surface area contributed by atoms with E-state index in [2.05, 4.69) is 30.0 Å². The second kappa shape index (κ2) is 10.2. The monoisotopic (exact) mass is 540 g/mol. The first-order valence-electron chi connectivity index (χ1n) is 12.0. The molecule has 0 amide bonds. The Kier molecular flexibility index (Phi) is 6.76. The molecule has 0 atom stereocenters. The molecule has 0 aliphatic heterocycles. The minimum absolute atomic E-state index is 0.142. The van der Waals surface area contributed by atoms with Gasteiger partial charge >= 0.3 is 11.9 Å². The number of benzene rings is 1. The second-order valence-electron chi connectivity index (χ2n) is 8.42. The lowest BCUT2D eigenvalue weighted by atomic mass is 10.2. The SMILES string of the molecule is CCOc1ncnc(OCC)c1-c1ncc2[nH]c(=O)n(Cc3ccc(-n4nc(C(F)(F)F)cc4C)cc3)c2n1. The molecule has 0 bridgehead atoms. The van der Waals surface area contributed by atoms with Crippen LogP contribution in [-0.4, -0.2) is 52.5 Å². The summed E-state index contributed by atoms with van der Waals surface area (Å²) in [6.45, 7) is 6.01. The predicted molar refractivity (Wildman–Crippen MR) is 134 cm³/mol. The van der Waals surface area contributed by atoms with Crippen molar-refractivity contribution >= 4 is 11.2 Å². The minimum Gasteiger partial charge on any atom is -0.477 e.